The van der Waals surface area contributed by atoms with Gasteiger partial charge in [0.2, 0.25) is 0 Å². The largest absolute Gasteiger partial charge is 0.493 e. The minimum absolute atomic E-state index is 0.226. The molecule has 1 aliphatic rings. The second-order valence-corrected chi connectivity index (χ2v) is 5.38. The van der Waals surface area contributed by atoms with Gasteiger partial charge in [-0.2, -0.15) is 0 Å². The minimum atomic E-state index is -0.614. The van der Waals surface area contributed by atoms with Crippen LogP contribution in [0.1, 0.15) is 19.3 Å². The lowest BCUT2D eigenvalue weighted by atomic mass is 9.79. The summed E-state index contributed by atoms with van der Waals surface area (Å²) in [6.07, 6.45) is 2.61. The lowest BCUT2D eigenvalue weighted by Gasteiger charge is -2.29. The number of esters is 1. The molecule has 5 heteroatoms. The Bertz CT molecular complexity index is 487. The van der Waals surface area contributed by atoms with Crippen molar-refractivity contribution >= 4 is 5.97 Å². The molecule has 21 heavy (non-hydrogen) atoms. The molecule has 1 atom stereocenters. The third-order valence-corrected chi connectivity index (χ3v) is 4.19. The molecule has 0 amide bonds. The second kappa shape index (κ2) is 6.80. The third-order valence-electron chi connectivity index (χ3n) is 4.19. The molecule has 1 aliphatic carbocycles. The van der Waals surface area contributed by atoms with Crippen molar-refractivity contribution in [1.82, 2.24) is 0 Å². The van der Waals surface area contributed by atoms with Crippen molar-refractivity contribution in [2.45, 2.75) is 19.3 Å². The van der Waals surface area contributed by atoms with Crippen LogP contribution in [0.15, 0.2) is 24.3 Å². The second-order valence-electron chi connectivity index (χ2n) is 5.38. The zero-order valence-electron chi connectivity index (χ0n) is 12.6. The highest BCUT2D eigenvalue weighted by atomic mass is 16.5. The Morgan fingerprint density at radius 2 is 1.95 bits per heavy atom. The first-order valence-electron chi connectivity index (χ1n) is 7.22. The van der Waals surface area contributed by atoms with Crippen LogP contribution in [0.2, 0.25) is 0 Å². The maximum absolute atomic E-state index is 12.1. The van der Waals surface area contributed by atoms with E-state index >= 15 is 0 Å². The number of methoxy groups -OCH3 is 2. The fourth-order valence-electron chi connectivity index (χ4n) is 2.75. The van der Waals surface area contributed by atoms with E-state index in [1.165, 1.54) is 7.11 Å². The third kappa shape index (κ3) is 3.29. The number of benzene rings is 1. The predicted octanol–water partition coefficient (Wildman–Crippen LogP) is 1.99. The fourth-order valence-corrected chi connectivity index (χ4v) is 2.75. The molecule has 0 saturated heterocycles. The van der Waals surface area contributed by atoms with Crippen molar-refractivity contribution in [1.29, 1.82) is 0 Å². The monoisotopic (exact) mass is 293 g/mol. The Labute approximate surface area is 125 Å². The first-order chi connectivity index (χ1) is 10.2. The Hall–Kier alpha value is -1.75. The molecule has 0 heterocycles. The maximum atomic E-state index is 12.1. The van der Waals surface area contributed by atoms with E-state index in [9.17, 15) is 4.79 Å². The molecule has 1 aromatic carbocycles. The summed E-state index contributed by atoms with van der Waals surface area (Å²) in [4.78, 5) is 12.1. The van der Waals surface area contributed by atoms with Crippen molar-refractivity contribution in [2.75, 3.05) is 27.4 Å². The van der Waals surface area contributed by atoms with Crippen LogP contribution in [0.5, 0.6) is 11.5 Å². The van der Waals surface area contributed by atoms with E-state index in [4.69, 9.17) is 19.9 Å². The van der Waals surface area contributed by atoms with Gasteiger partial charge in [0.1, 0.15) is 0 Å². The van der Waals surface area contributed by atoms with Crippen molar-refractivity contribution in [2.24, 2.45) is 17.1 Å². The number of carbonyl (C=O) groups excluding carboxylic acids is 1. The SMILES string of the molecule is COC(=O)C(CN)(CCOc1ccccc1OC)C1CC1. The van der Waals surface area contributed by atoms with Crippen LogP contribution in [0, 0.1) is 11.3 Å². The zero-order chi connectivity index (χ0) is 15.3. The van der Waals surface area contributed by atoms with E-state index < -0.39 is 5.41 Å². The molecule has 1 aromatic rings. The molecule has 1 unspecified atom stereocenters. The molecule has 2 N–H and O–H groups in total. The molecule has 1 saturated carbocycles. The standard InChI is InChI=1S/C16H23NO4/c1-19-13-5-3-4-6-14(13)21-10-9-16(11-17,12-7-8-12)15(18)20-2/h3-6,12H,7-11,17H2,1-2H3. The van der Waals surface area contributed by atoms with Crippen LogP contribution in [-0.4, -0.2) is 33.3 Å². The van der Waals surface area contributed by atoms with Gasteiger partial charge in [-0.05, 0) is 37.3 Å². The van der Waals surface area contributed by atoms with E-state index in [0.29, 0.717) is 37.0 Å². The highest BCUT2D eigenvalue weighted by molar-refractivity contribution is 5.78. The van der Waals surface area contributed by atoms with Gasteiger partial charge in [-0.25, -0.2) is 0 Å². The fraction of sp³-hybridized carbons (Fsp3) is 0.562. The summed E-state index contributed by atoms with van der Waals surface area (Å²) in [6.45, 7) is 0.697. The normalized spacial score (nSPS) is 16.9. The average Bonchev–Trinajstić information content (AvgIpc) is 3.36. The van der Waals surface area contributed by atoms with Crippen LogP contribution in [-0.2, 0) is 9.53 Å². The molecule has 0 bridgehead atoms. The van der Waals surface area contributed by atoms with Gasteiger partial charge in [0.15, 0.2) is 11.5 Å². The average molecular weight is 293 g/mol. The van der Waals surface area contributed by atoms with Crippen LogP contribution in [0.4, 0.5) is 0 Å². The van der Waals surface area contributed by atoms with Gasteiger partial charge in [0.25, 0.3) is 0 Å². The smallest absolute Gasteiger partial charge is 0.313 e. The number of nitrogens with two attached hydrogens (primary N) is 1. The summed E-state index contributed by atoms with van der Waals surface area (Å²) in [7, 11) is 3.02. The summed E-state index contributed by atoms with van der Waals surface area (Å²) in [5.41, 5.74) is 5.27. The first kappa shape index (κ1) is 15.6. The van der Waals surface area contributed by atoms with E-state index in [2.05, 4.69) is 0 Å². The molecule has 1 fully saturated rings. The van der Waals surface area contributed by atoms with Crippen LogP contribution < -0.4 is 15.2 Å². The quantitative estimate of drug-likeness (QED) is 0.742. The highest BCUT2D eigenvalue weighted by Crippen LogP contribution is 2.48. The van der Waals surface area contributed by atoms with Gasteiger partial charge >= 0.3 is 5.97 Å². The number of carbonyl (C=O) groups is 1. The van der Waals surface area contributed by atoms with Crippen molar-refractivity contribution < 1.29 is 19.0 Å². The van der Waals surface area contributed by atoms with Crippen molar-refractivity contribution in [3.63, 3.8) is 0 Å². The summed E-state index contributed by atoms with van der Waals surface area (Å²) in [5, 5.41) is 0. The number of rotatable bonds is 8. The van der Waals surface area contributed by atoms with E-state index in [1.54, 1.807) is 7.11 Å². The van der Waals surface area contributed by atoms with Gasteiger partial charge in [-0.3, -0.25) is 4.79 Å². The summed E-state index contributed by atoms with van der Waals surface area (Å²) in [6, 6.07) is 7.45. The summed E-state index contributed by atoms with van der Waals surface area (Å²) < 4.78 is 16.0. The lowest BCUT2D eigenvalue weighted by molar-refractivity contribution is -0.154. The van der Waals surface area contributed by atoms with Gasteiger partial charge in [0.05, 0.1) is 26.2 Å². The van der Waals surface area contributed by atoms with E-state index in [0.717, 1.165) is 12.8 Å². The van der Waals surface area contributed by atoms with Crippen LogP contribution >= 0.6 is 0 Å². The topological polar surface area (TPSA) is 70.8 Å². The molecule has 5 nitrogen and oxygen atoms in total. The first-order valence-corrected chi connectivity index (χ1v) is 7.22. The molecular weight excluding hydrogens is 270 g/mol. The van der Waals surface area contributed by atoms with Gasteiger partial charge in [-0.15, -0.1) is 0 Å². The summed E-state index contributed by atoms with van der Waals surface area (Å²) >= 11 is 0. The molecule has 0 aromatic heterocycles. The lowest BCUT2D eigenvalue weighted by Crippen LogP contribution is -2.42. The summed E-state index contributed by atoms with van der Waals surface area (Å²) in [5.74, 6) is 1.44. The molecule has 0 aliphatic heterocycles. The van der Waals surface area contributed by atoms with Crippen molar-refractivity contribution in [3.8, 4) is 11.5 Å². The predicted molar refractivity (Wildman–Crippen MR) is 79.3 cm³/mol. The maximum Gasteiger partial charge on any atom is 0.313 e. The Balaban J connectivity index is 2.01. The van der Waals surface area contributed by atoms with Crippen LogP contribution in [0.25, 0.3) is 0 Å². The minimum Gasteiger partial charge on any atom is -0.493 e. The Morgan fingerprint density at radius 1 is 1.29 bits per heavy atom. The van der Waals surface area contributed by atoms with Crippen LogP contribution in [0.3, 0.4) is 0 Å². The highest BCUT2D eigenvalue weighted by Gasteiger charge is 2.50. The number of para-hydroxylation sites is 2. The molecular formula is C16H23NO4. The van der Waals surface area contributed by atoms with Crippen molar-refractivity contribution in [3.05, 3.63) is 24.3 Å². The molecule has 2 rings (SSSR count). The molecule has 0 spiro atoms. The molecule has 0 radical (unpaired) electrons. The number of ether oxygens (including phenoxy) is 3. The van der Waals surface area contributed by atoms with Gasteiger partial charge in [0, 0.05) is 6.54 Å². The van der Waals surface area contributed by atoms with Gasteiger partial charge in [-0.1, -0.05) is 12.1 Å². The number of hydrogen-bond acceptors (Lipinski definition) is 5. The Kier molecular flexibility index (Phi) is 5.07. The van der Waals surface area contributed by atoms with Gasteiger partial charge < -0.3 is 19.9 Å². The molecule has 116 valence electrons. The van der Waals surface area contributed by atoms with E-state index in [1.807, 2.05) is 24.3 Å². The van der Waals surface area contributed by atoms with E-state index in [-0.39, 0.29) is 5.97 Å². The zero-order valence-corrected chi connectivity index (χ0v) is 12.6. The Morgan fingerprint density at radius 3 is 2.48 bits per heavy atom. The number of hydrogen-bond donors (Lipinski definition) is 1.